The third kappa shape index (κ3) is 2.56. The molecule has 0 aliphatic carbocycles. The Morgan fingerprint density at radius 3 is 2.87 bits per heavy atom. The number of nitrogens with zero attached hydrogens (tertiary/aromatic N) is 2. The lowest BCUT2D eigenvalue weighted by molar-refractivity contribution is 0.294. The Hall–Kier alpha value is -1.36. The molecule has 1 aromatic heterocycles. The standard InChI is InChI=1S/C10H10BrN3O/c1-7-12-10(14-13-7)6-15-9-5-3-2-4-8(9)11/h2-5H,6H2,1H3,(H,12,13,14). The van der Waals surface area contributed by atoms with Gasteiger partial charge in [0.05, 0.1) is 4.47 Å². The van der Waals surface area contributed by atoms with Crippen molar-refractivity contribution in [3.8, 4) is 5.75 Å². The van der Waals surface area contributed by atoms with Gasteiger partial charge in [-0.05, 0) is 35.0 Å². The van der Waals surface area contributed by atoms with Crippen LogP contribution in [0.25, 0.3) is 0 Å². The number of aryl methyl sites for hydroxylation is 1. The van der Waals surface area contributed by atoms with E-state index in [1.807, 2.05) is 31.2 Å². The average molecular weight is 268 g/mol. The number of para-hydroxylation sites is 1. The van der Waals surface area contributed by atoms with Gasteiger partial charge in [0.15, 0.2) is 5.82 Å². The third-order valence-corrected chi connectivity index (χ3v) is 2.49. The van der Waals surface area contributed by atoms with E-state index in [-0.39, 0.29) is 0 Å². The van der Waals surface area contributed by atoms with Crippen LogP contribution in [0.2, 0.25) is 0 Å². The number of H-pyrrole nitrogens is 1. The molecule has 0 unspecified atom stereocenters. The Kier molecular flexibility index (Phi) is 3.01. The van der Waals surface area contributed by atoms with Gasteiger partial charge in [-0.15, -0.1) is 0 Å². The molecule has 2 rings (SSSR count). The van der Waals surface area contributed by atoms with Gasteiger partial charge in [0, 0.05) is 0 Å². The summed E-state index contributed by atoms with van der Waals surface area (Å²) in [5, 5.41) is 6.75. The second kappa shape index (κ2) is 4.44. The highest BCUT2D eigenvalue weighted by molar-refractivity contribution is 9.10. The fourth-order valence-electron chi connectivity index (χ4n) is 1.16. The molecule has 1 aromatic carbocycles. The summed E-state index contributed by atoms with van der Waals surface area (Å²) in [7, 11) is 0. The summed E-state index contributed by atoms with van der Waals surface area (Å²) >= 11 is 3.40. The van der Waals surface area contributed by atoms with Crippen LogP contribution in [0.5, 0.6) is 5.75 Å². The lowest BCUT2D eigenvalue weighted by atomic mass is 10.3. The topological polar surface area (TPSA) is 50.8 Å². The number of ether oxygens (including phenoxy) is 1. The van der Waals surface area contributed by atoms with Gasteiger partial charge >= 0.3 is 0 Å². The van der Waals surface area contributed by atoms with E-state index >= 15 is 0 Å². The second-order valence-electron chi connectivity index (χ2n) is 3.06. The van der Waals surface area contributed by atoms with Gasteiger partial charge in [-0.2, -0.15) is 5.10 Å². The minimum absolute atomic E-state index is 0.368. The SMILES string of the molecule is Cc1nc(COc2ccccc2Br)n[nH]1. The first-order chi connectivity index (χ1) is 7.25. The minimum Gasteiger partial charge on any atom is -0.484 e. The van der Waals surface area contributed by atoms with E-state index in [0.29, 0.717) is 12.4 Å². The summed E-state index contributed by atoms with van der Waals surface area (Å²) in [6, 6.07) is 7.68. The molecule has 0 atom stereocenters. The smallest absolute Gasteiger partial charge is 0.188 e. The van der Waals surface area contributed by atoms with Crippen molar-refractivity contribution in [3.63, 3.8) is 0 Å². The molecule has 0 spiro atoms. The molecule has 0 aliphatic rings. The summed E-state index contributed by atoms with van der Waals surface area (Å²) in [6.45, 7) is 2.22. The lowest BCUT2D eigenvalue weighted by Crippen LogP contribution is -1.98. The zero-order valence-corrected chi connectivity index (χ0v) is 9.78. The molecule has 0 saturated heterocycles. The lowest BCUT2D eigenvalue weighted by Gasteiger charge is -2.04. The molecular weight excluding hydrogens is 258 g/mol. The molecule has 1 heterocycles. The first kappa shape index (κ1) is 10.2. The maximum absolute atomic E-state index is 5.54. The van der Waals surface area contributed by atoms with E-state index in [2.05, 4.69) is 31.1 Å². The predicted molar refractivity (Wildman–Crippen MR) is 59.6 cm³/mol. The Labute approximate surface area is 95.8 Å². The highest BCUT2D eigenvalue weighted by atomic mass is 79.9. The number of nitrogens with one attached hydrogen (secondary N) is 1. The molecule has 1 N–H and O–H groups in total. The van der Waals surface area contributed by atoms with Crippen LogP contribution >= 0.6 is 15.9 Å². The van der Waals surface area contributed by atoms with E-state index in [1.54, 1.807) is 0 Å². The number of aromatic amines is 1. The average Bonchev–Trinajstić information content (AvgIpc) is 2.63. The van der Waals surface area contributed by atoms with Crippen molar-refractivity contribution < 1.29 is 4.74 Å². The van der Waals surface area contributed by atoms with E-state index in [1.165, 1.54) is 0 Å². The number of rotatable bonds is 3. The van der Waals surface area contributed by atoms with Crippen molar-refractivity contribution in [2.24, 2.45) is 0 Å². The van der Waals surface area contributed by atoms with Gasteiger partial charge in [-0.1, -0.05) is 12.1 Å². The molecule has 15 heavy (non-hydrogen) atoms. The third-order valence-electron chi connectivity index (χ3n) is 1.84. The van der Waals surface area contributed by atoms with Crippen LogP contribution in [-0.2, 0) is 6.61 Å². The fourth-order valence-corrected chi connectivity index (χ4v) is 1.56. The maximum Gasteiger partial charge on any atom is 0.188 e. The van der Waals surface area contributed by atoms with Crippen LogP contribution < -0.4 is 4.74 Å². The molecule has 0 fully saturated rings. The van der Waals surface area contributed by atoms with Crippen LogP contribution in [0.15, 0.2) is 28.7 Å². The molecule has 0 aliphatic heterocycles. The molecule has 4 nitrogen and oxygen atoms in total. The van der Waals surface area contributed by atoms with Crippen LogP contribution in [0.1, 0.15) is 11.6 Å². The largest absolute Gasteiger partial charge is 0.484 e. The molecule has 5 heteroatoms. The summed E-state index contributed by atoms with van der Waals surface area (Å²) in [4.78, 5) is 4.15. The molecule has 78 valence electrons. The number of halogens is 1. The summed E-state index contributed by atoms with van der Waals surface area (Å²) in [5.74, 6) is 2.24. The molecule has 0 bridgehead atoms. The summed E-state index contributed by atoms with van der Waals surface area (Å²) < 4.78 is 6.47. The van der Waals surface area contributed by atoms with E-state index in [9.17, 15) is 0 Å². The van der Waals surface area contributed by atoms with Crippen LogP contribution in [0.4, 0.5) is 0 Å². The van der Waals surface area contributed by atoms with Gasteiger partial charge in [0.2, 0.25) is 0 Å². The Morgan fingerprint density at radius 2 is 2.20 bits per heavy atom. The summed E-state index contributed by atoms with van der Waals surface area (Å²) in [5.41, 5.74) is 0. The van der Waals surface area contributed by atoms with Gasteiger partial charge in [0.1, 0.15) is 18.2 Å². The first-order valence-corrected chi connectivity index (χ1v) is 5.30. The van der Waals surface area contributed by atoms with Crippen LogP contribution in [0, 0.1) is 6.92 Å². The monoisotopic (exact) mass is 267 g/mol. The molecule has 2 aromatic rings. The fraction of sp³-hybridized carbons (Fsp3) is 0.200. The zero-order valence-electron chi connectivity index (χ0n) is 8.20. The quantitative estimate of drug-likeness (QED) is 0.930. The van der Waals surface area contributed by atoms with E-state index < -0.39 is 0 Å². The van der Waals surface area contributed by atoms with Gasteiger partial charge < -0.3 is 4.74 Å². The first-order valence-electron chi connectivity index (χ1n) is 4.51. The Bertz CT molecular complexity index is 455. The Balaban J connectivity index is 2.02. The Morgan fingerprint density at radius 1 is 1.40 bits per heavy atom. The highest BCUT2D eigenvalue weighted by Crippen LogP contribution is 2.24. The second-order valence-corrected chi connectivity index (χ2v) is 3.91. The van der Waals surface area contributed by atoms with Crippen molar-refractivity contribution >= 4 is 15.9 Å². The van der Waals surface area contributed by atoms with E-state index in [4.69, 9.17) is 4.74 Å². The van der Waals surface area contributed by atoms with Gasteiger partial charge in [-0.3, -0.25) is 5.10 Å². The van der Waals surface area contributed by atoms with Gasteiger partial charge in [0.25, 0.3) is 0 Å². The van der Waals surface area contributed by atoms with Crippen molar-refractivity contribution in [2.75, 3.05) is 0 Å². The van der Waals surface area contributed by atoms with Crippen molar-refractivity contribution in [1.82, 2.24) is 15.2 Å². The number of hydrogen-bond donors (Lipinski definition) is 1. The molecule has 0 radical (unpaired) electrons. The predicted octanol–water partition coefficient (Wildman–Crippen LogP) is 2.45. The minimum atomic E-state index is 0.368. The van der Waals surface area contributed by atoms with Crippen LogP contribution in [-0.4, -0.2) is 15.2 Å². The van der Waals surface area contributed by atoms with E-state index in [0.717, 1.165) is 16.0 Å². The number of benzene rings is 1. The molecular formula is C10H10BrN3O. The van der Waals surface area contributed by atoms with Crippen LogP contribution in [0.3, 0.4) is 0 Å². The van der Waals surface area contributed by atoms with Crippen molar-refractivity contribution in [2.45, 2.75) is 13.5 Å². The number of aromatic nitrogens is 3. The summed E-state index contributed by atoms with van der Waals surface area (Å²) in [6.07, 6.45) is 0. The highest BCUT2D eigenvalue weighted by Gasteiger charge is 2.03. The number of hydrogen-bond acceptors (Lipinski definition) is 3. The molecule has 0 amide bonds. The zero-order chi connectivity index (χ0) is 10.7. The molecule has 0 saturated carbocycles. The normalized spacial score (nSPS) is 10.3. The maximum atomic E-state index is 5.54. The van der Waals surface area contributed by atoms with Crippen molar-refractivity contribution in [1.29, 1.82) is 0 Å². The van der Waals surface area contributed by atoms with Gasteiger partial charge in [-0.25, -0.2) is 4.98 Å². The van der Waals surface area contributed by atoms with Crippen molar-refractivity contribution in [3.05, 3.63) is 40.4 Å².